The number of hydrogen-bond donors (Lipinski definition) is 1. The maximum Gasteiger partial charge on any atom is 0.123 e. The summed E-state index contributed by atoms with van der Waals surface area (Å²) in [6.07, 6.45) is 11.3. The van der Waals surface area contributed by atoms with Crippen LogP contribution in [0.2, 0.25) is 0 Å². The molecule has 0 atom stereocenters. The quantitative estimate of drug-likeness (QED) is 0.264. The van der Waals surface area contributed by atoms with E-state index in [0.717, 1.165) is 43.9 Å². The third kappa shape index (κ3) is 13.0. The Morgan fingerprint density at radius 1 is 0.571 bits per heavy atom. The number of aliphatic hydroxyl groups is 1. The highest BCUT2D eigenvalue weighted by molar-refractivity contribution is 9.09. The van der Waals surface area contributed by atoms with Crippen molar-refractivity contribution in [3.8, 4) is 0 Å². The Balaban J connectivity index is 0.000000280. The van der Waals surface area contributed by atoms with E-state index in [2.05, 4.69) is 15.9 Å². The van der Waals surface area contributed by atoms with E-state index in [4.69, 9.17) is 5.11 Å². The number of hydrogen-bond acceptors (Lipinski definition) is 1. The predicted molar refractivity (Wildman–Crippen MR) is 118 cm³/mol. The van der Waals surface area contributed by atoms with Gasteiger partial charge in [-0.05, 0) is 73.9 Å². The third-order valence-electron chi connectivity index (χ3n) is 4.55. The zero-order chi connectivity index (χ0) is 20.5. The minimum atomic E-state index is -0.172. The third-order valence-corrected chi connectivity index (χ3v) is 5.11. The van der Waals surface area contributed by atoms with Crippen LogP contribution in [-0.2, 0) is 12.8 Å². The summed E-state index contributed by atoms with van der Waals surface area (Å²) in [6, 6.07) is 13.5. The number of unbranched alkanes of at least 4 members (excludes halogenated alkanes) is 6. The maximum absolute atomic E-state index is 12.6. The Morgan fingerprint density at radius 2 is 0.964 bits per heavy atom. The molecule has 0 heterocycles. The van der Waals surface area contributed by atoms with Crippen LogP contribution < -0.4 is 0 Å². The maximum atomic E-state index is 12.6. The van der Waals surface area contributed by atoms with Crippen LogP contribution in [-0.4, -0.2) is 17.0 Å². The lowest BCUT2D eigenvalue weighted by Crippen LogP contribution is -1.88. The first-order valence-corrected chi connectivity index (χ1v) is 11.4. The van der Waals surface area contributed by atoms with Crippen LogP contribution in [0.4, 0.5) is 8.78 Å². The van der Waals surface area contributed by atoms with Crippen molar-refractivity contribution in [2.45, 2.75) is 64.2 Å². The average Bonchev–Trinajstić information content (AvgIpc) is 2.71. The first-order chi connectivity index (χ1) is 13.7. The minimum absolute atomic E-state index is 0.145. The fourth-order valence-corrected chi connectivity index (χ4v) is 3.27. The van der Waals surface area contributed by atoms with E-state index in [9.17, 15) is 8.78 Å². The van der Waals surface area contributed by atoms with Gasteiger partial charge in [0, 0.05) is 11.9 Å². The molecule has 2 rings (SSSR count). The molecule has 0 saturated heterocycles. The van der Waals surface area contributed by atoms with Crippen molar-refractivity contribution in [1.82, 2.24) is 0 Å². The van der Waals surface area contributed by atoms with Gasteiger partial charge in [0.1, 0.15) is 11.6 Å². The van der Waals surface area contributed by atoms with E-state index in [1.807, 2.05) is 24.3 Å². The lowest BCUT2D eigenvalue weighted by atomic mass is 10.1. The van der Waals surface area contributed by atoms with E-state index < -0.39 is 0 Å². The van der Waals surface area contributed by atoms with Crippen molar-refractivity contribution in [3.05, 3.63) is 71.3 Å². The monoisotopic (exact) mass is 454 g/mol. The molecule has 4 heteroatoms. The highest BCUT2D eigenvalue weighted by Crippen LogP contribution is 2.10. The smallest absolute Gasteiger partial charge is 0.123 e. The van der Waals surface area contributed by atoms with Gasteiger partial charge in [-0.2, -0.15) is 0 Å². The van der Waals surface area contributed by atoms with Gasteiger partial charge < -0.3 is 5.11 Å². The molecule has 0 unspecified atom stereocenters. The fourth-order valence-electron chi connectivity index (χ4n) is 2.87. The largest absolute Gasteiger partial charge is 0.396 e. The molecule has 1 nitrogen and oxygen atoms in total. The first-order valence-electron chi connectivity index (χ1n) is 10.3. The van der Waals surface area contributed by atoms with Crippen LogP contribution in [0.25, 0.3) is 0 Å². The van der Waals surface area contributed by atoms with Crippen LogP contribution >= 0.6 is 15.9 Å². The standard InChI is InChI=1S/C12H16BrF.C12H17FO/c13-10-4-2-1-3-5-11-6-8-12(14)9-7-11;13-12-8-6-11(7-9-12)5-3-1-2-4-10-14/h6-9H,1-5,10H2;6-9,14H,1-5,10H2. The molecule has 0 aliphatic carbocycles. The van der Waals surface area contributed by atoms with Crippen molar-refractivity contribution in [2.75, 3.05) is 11.9 Å². The molecule has 2 aromatic rings. The zero-order valence-electron chi connectivity index (χ0n) is 16.7. The molecule has 2 aromatic carbocycles. The van der Waals surface area contributed by atoms with Gasteiger partial charge in [-0.15, -0.1) is 0 Å². The Kier molecular flexibility index (Phi) is 14.8. The van der Waals surface area contributed by atoms with E-state index in [0.29, 0.717) is 0 Å². The second-order valence-corrected chi connectivity index (χ2v) is 7.79. The number of aryl methyl sites for hydroxylation is 2. The Labute approximate surface area is 177 Å². The summed E-state index contributed by atoms with van der Waals surface area (Å²) >= 11 is 3.41. The molecule has 0 aromatic heterocycles. The second kappa shape index (κ2) is 16.7. The van der Waals surface area contributed by atoms with E-state index in [1.54, 1.807) is 0 Å². The molecular formula is C24H33BrF2O. The molecule has 0 saturated carbocycles. The van der Waals surface area contributed by atoms with Gasteiger partial charge in [-0.25, -0.2) is 8.78 Å². The van der Waals surface area contributed by atoms with Gasteiger partial charge in [0.25, 0.3) is 0 Å². The molecule has 0 aliphatic rings. The summed E-state index contributed by atoms with van der Waals surface area (Å²) in [7, 11) is 0. The molecule has 1 N–H and O–H groups in total. The number of benzene rings is 2. The number of alkyl halides is 1. The number of rotatable bonds is 12. The molecule has 0 bridgehead atoms. The Hall–Kier alpha value is -1.26. The predicted octanol–water partition coefficient (Wildman–Crippen LogP) is 7.24. The summed E-state index contributed by atoms with van der Waals surface area (Å²) < 4.78 is 25.1. The van der Waals surface area contributed by atoms with Gasteiger partial charge in [0.15, 0.2) is 0 Å². The molecule has 156 valence electrons. The lowest BCUT2D eigenvalue weighted by molar-refractivity contribution is 0.282. The molecule has 0 fully saturated rings. The van der Waals surface area contributed by atoms with Crippen molar-refractivity contribution >= 4 is 15.9 Å². The van der Waals surface area contributed by atoms with Crippen molar-refractivity contribution in [2.24, 2.45) is 0 Å². The van der Waals surface area contributed by atoms with Crippen LogP contribution in [0.3, 0.4) is 0 Å². The van der Waals surface area contributed by atoms with Crippen molar-refractivity contribution < 1.29 is 13.9 Å². The van der Waals surface area contributed by atoms with E-state index in [-0.39, 0.29) is 18.2 Å². The highest BCUT2D eigenvalue weighted by atomic mass is 79.9. The normalized spacial score (nSPS) is 10.4. The zero-order valence-corrected chi connectivity index (χ0v) is 18.3. The summed E-state index contributed by atoms with van der Waals surface area (Å²) in [5.74, 6) is -0.318. The van der Waals surface area contributed by atoms with Crippen LogP contribution in [0.1, 0.15) is 62.5 Å². The average molecular weight is 455 g/mol. The Bertz CT molecular complexity index is 544. The van der Waals surface area contributed by atoms with Crippen molar-refractivity contribution in [3.63, 3.8) is 0 Å². The van der Waals surface area contributed by atoms with Gasteiger partial charge in [-0.3, -0.25) is 0 Å². The molecule has 0 amide bonds. The van der Waals surface area contributed by atoms with E-state index in [1.165, 1.54) is 61.1 Å². The van der Waals surface area contributed by atoms with Gasteiger partial charge in [0.2, 0.25) is 0 Å². The SMILES string of the molecule is Fc1ccc(CCCCCCBr)cc1.OCCCCCCc1ccc(F)cc1. The second-order valence-electron chi connectivity index (χ2n) is 6.99. The summed E-state index contributed by atoms with van der Waals surface area (Å²) in [4.78, 5) is 0. The Morgan fingerprint density at radius 3 is 1.36 bits per heavy atom. The first kappa shape index (κ1) is 24.8. The van der Waals surface area contributed by atoms with Crippen LogP contribution in [0.5, 0.6) is 0 Å². The van der Waals surface area contributed by atoms with E-state index >= 15 is 0 Å². The van der Waals surface area contributed by atoms with Crippen LogP contribution in [0.15, 0.2) is 48.5 Å². The summed E-state index contributed by atoms with van der Waals surface area (Å²) in [6.45, 7) is 0.288. The highest BCUT2D eigenvalue weighted by Gasteiger charge is 1.95. The number of halogens is 3. The topological polar surface area (TPSA) is 20.2 Å². The molecule has 0 spiro atoms. The minimum Gasteiger partial charge on any atom is -0.396 e. The van der Waals surface area contributed by atoms with Gasteiger partial charge in [-0.1, -0.05) is 65.9 Å². The fraction of sp³-hybridized carbons (Fsp3) is 0.500. The lowest BCUT2D eigenvalue weighted by Gasteiger charge is -2.00. The molecular weight excluding hydrogens is 422 g/mol. The summed E-state index contributed by atoms with van der Waals surface area (Å²) in [5.41, 5.74) is 2.43. The van der Waals surface area contributed by atoms with Crippen molar-refractivity contribution in [1.29, 1.82) is 0 Å². The van der Waals surface area contributed by atoms with Crippen LogP contribution in [0, 0.1) is 11.6 Å². The summed E-state index contributed by atoms with van der Waals surface area (Å²) in [5, 5.41) is 9.67. The number of aliphatic hydroxyl groups excluding tert-OH is 1. The van der Waals surface area contributed by atoms with Gasteiger partial charge in [0.05, 0.1) is 0 Å². The molecule has 0 aliphatic heterocycles. The molecule has 0 radical (unpaired) electrons. The molecule has 28 heavy (non-hydrogen) atoms. The van der Waals surface area contributed by atoms with Gasteiger partial charge >= 0.3 is 0 Å².